The van der Waals surface area contributed by atoms with Gasteiger partial charge in [-0.15, -0.1) is 0 Å². The summed E-state index contributed by atoms with van der Waals surface area (Å²) in [5.41, 5.74) is 0. The van der Waals surface area contributed by atoms with Crippen LogP contribution in [0.25, 0.3) is 0 Å². The van der Waals surface area contributed by atoms with E-state index in [-0.39, 0.29) is 6.29 Å². The van der Waals surface area contributed by atoms with Gasteiger partial charge in [0.15, 0.2) is 11.5 Å². The Balaban J connectivity index is 3.80. The van der Waals surface area contributed by atoms with Crippen molar-refractivity contribution in [2.75, 3.05) is 34.1 Å². The number of nitrogens with one attached hydrogen (secondary N) is 1. The molecule has 0 aliphatic rings. The van der Waals surface area contributed by atoms with Crippen molar-refractivity contribution in [2.45, 2.75) is 6.29 Å². The Kier molecular flexibility index (Phi) is 6.14. The molecule has 1 N–H and O–H groups in total. The van der Waals surface area contributed by atoms with Crippen LogP contribution < -0.4 is 0 Å². The molecule has 0 heterocycles. The minimum atomic E-state index is -0.262. The van der Waals surface area contributed by atoms with E-state index in [2.05, 4.69) is 0 Å². The molecule has 0 aliphatic carbocycles. The van der Waals surface area contributed by atoms with Gasteiger partial charge in [-0.1, -0.05) is 11.8 Å². The second-order valence-corrected chi connectivity index (χ2v) is 3.09. The number of hydrogen-bond acceptors (Lipinski definition) is 4. The zero-order valence-electron chi connectivity index (χ0n) is 7.96. The maximum atomic E-state index is 7.46. The SMILES string of the molecule is COC(CN(C)C(=N)SC)OC. The first-order valence-electron chi connectivity index (χ1n) is 3.55. The largest absolute Gasteiger partial charge is 0.354 e. The Morgan fingerprint density at radius 2 is 2.00 bits per heavy atom. The van der Waals surface area contributed by atoms with Crippen LogP contribution in [-0.2, 0) is 9.47 Å². The number of thioether (sulfide) groups is 1. The highest BCUT2D eigenvalue weighted by Crippen LogP contribution is 2.02. The van der Waals surface area contributed by atoms with Gasteiger partial charge in [-0.2, -0.15) is 0 Å². The standard InChI is InChI=1S/C7H16N2O2S/c1-9(7(8)12-4)5-6(10-2)11-3/h6,8H,5H2,1-4H3. The molecule has 0 rings (SSSR count). The zero-order chi connectivity index (χ0) is 9.56. The van der Waals surface area contributed by atoms with Crippen molar-refractivity contribution in [3.63, 3.8) is 0 Å². The highest BCUT2D eigenvalue weighted by atomic mass is 32.2. The lowest BCUT2D eigenvalue weighted by Crippen LogP contribution is -2.34. The van der Waals surface area contributed by atoms with E-state index in [9.17, 15) is 0 Å². The highest BCUT2D eigenvalue weighted by molar-refractivity contribution is 8.13. The van der Waals surface area contributed by atoms with Crippen molar-refractivity contribution in [3.05, 3.63) is 0 Å². The molecule has 0 aliphatic heterocycles. The lowest BCUT2D eigenvalue weighted by molar-refractivity contribution is -0.107. The number of nitrogens with zero attached hydrogens (tertiary/aromatic N) is 1. The quantitative estimate of drug-likeness (QED) is 0.407. The average Bonchev–Trinajstić information content (AvgIpc) is 2.12. The molecule has 0 aromatic heterocycles. The molecule has 0 aromatic carbocycles. The van der Waals surface area contributed by atoms with Gasteiger partial charge >= 0.3 is 0 Å². The molecule has 0 unspecified atom stereocenters. The lowest BCUT2D eigenvalue weighted by atomic mass is 10.5. The fourth-order valence-electron chi connectivity index (χ4n) is 0.708. The second kappa shape index (κ2) is 6.28. The zero-order valence-corrected chi connectivity index (χ0v) is 8.77. The third-order valence-electron chi connectivity index (χ3n) is 1.49. The normalized spacial score (nSPS) is 10.4. The molecular weight excluding hydrogens is 176 g/mol. The molecule has 0 saturated heterocycles. The molecule has 0 amide bonds. The van der Waals surface area contributed by atoms with E-state index in [1.807, 2.05) is 13.3 Å². The maximum absolute atomic E-state index is 7.46. The van der Waals surface area contributed by atoms with Crippen molar-refractivity contribution in [1.29, 1.82) is 5.41 Å². The van der Waals surface area contributed by atoms with Crippen LogP contribution in [0.4, 0.5) is 0 Å². The fourth-order valence-corrected chi connectivity index (χ4v) is 1.09. The number of methoxy groups -OCH3 is 2. The van der Waals surface area contributed by atoms with E-state index in [0.29, 0.717) is 11.7 Å². The minimum Gasteiger partial charge on any atom is -0.354 e. The summed E-state index contributed by atoms with van der Waals surface area (Å²) in [6.07, 6.45) is 1.61. The Bertz CT molecular complexity index is 139. The summed E-state index contributed by atoms with van der Waals surface area (Å²) in [4.78, 5) is 1.78. The Morgan fingerprint density at radius 1 is 1.50 bits per heavy atom. The van der Waals surface area contributed by atoms with Gasteiger partial charge in [0, 0.05) is 21.3 Å². The Labute approximate surface area is 77.7 Å². The third-order valence-corrected chi connectivity index (χ3v) is 2.19. The molecule has 4 nitrogen and oxygen atoms in total. The van der Waals surface area contributed by atoms with Crippen LogP contribution >= 0.6 is 11.8 Å². The summed E-state index contributed by atoms with van der Waals surface area (Å²) in [6, 6.07) is 0. The number of rotatable bonds is 4. The van der Waals surface area contributed by atoms with Gasteiger partial charge in [0.05, 0.1) is 6.54 Å². The first kappa shape index (κ1) is 11.7. The van der Waals surface area contributed by atoms with Crippen LogP contribution in [-0.4, -0.2) is 50.4 Å². The first-order chi connectivity index (χ1) is 5.65. The Hall–Kier alpha value is -0.260. The summed E-state index contributed by atoms with van der Waals surface area (Å²) in [7, 11) is 5.01. The van der Waals surface area contributed by atoms with Crippen LogP contribution in [0, 0.1) is 5.41 Å². The van der Waals surface area contributed by atoms with Crippen LogP contribution in [0.1, 0.15) is 0 Å². The Morgan fingerprint density at radius 3 is 2.33 bits per heavy atom. The molecule has 72 valence electrons. The summed E-state index contributed by atoms with van der Waals surface area (Å²) >= 11 is 1.39. The van der Waals surface area contributed by atoms with Crippen molar-refractivity contribution >= 4 is 16.9 Å². The number of ether oxygens (including phenoxy) is 2. The average molecular weight is 192 g/mol. The van der Waals surface area contributed by atoms with Gasteiger partial charge in [-0.05, 0) is 6.26 Å². The predicted molar refractivity (Wildman–Crippen MR) is 51.7 cm³/mol. The van der Waals surface area contributed by atoms with E-state index in [1.54, 1.807) is 19.1 Å². The van der Waals surface area contributed by atoms with E-state index in [4.69, 9.17) is 14.9 Å². The monoisotopic (exact) mass is 192 g/mol. The van der Waals surface area contributed by atoms with E-state index in [0.717, 1.165) is 0 Å². The van der Waals surface area contributed by atoms with Crippen LogP contribution in [0.15, 0.2) is 0 Å². The van der Waals surface area contributed by atoms with E-state index < -0.39 is 0 Å². The number of hydrogen-bond donors (Lipinski definition) is 1. The minimum absolute atomic E-state index is 0.262. The number of amidine groups is 1. The van der Waals surface area contributed by atoms with Crippen molar-refractivity contribution < 1.29 is 9.47 Å². The van der Waals surface area contributed by atoms with Gasteiger partial charge in [0.25, 0.3) is 0 Å². The summed E-state index contributed by atoms with van der Waals surface area (Å²) in [5.74, 6) is 0. The summed E-state index contributed by atoms with van der Waals surface area (Å²) in [5, 5.41) is 7.97. The van der Waals surface area contributed by atoms with Crippen molar-refractivity contribution in [3.8, 4) is 0 Å². The summed E-state index contributed by atoms with van der Waals surface area (Å²) in [6.45, 7) is 0.576. The van der Waals surface area contributed by atoms with Gasteiger partial charge < -0.3 is 14.4 Å². The third kappa shape index (κ3) is 3.94. The smallest absolute Gasteiger partial charge is 0.174 e. The van der Waals surface area contributed by atoms with Crippen molar-refractivity contribution in [1.82, 2.24) is 4.90 Å². The molecule has 0 saturated carbocycles. The summed E-state index contributed by atoms with van der Waals surface area (Å²) < 4.78 is 9.99. The van der Waals surface area contributed by atoms with Crippen LogP contribution in [0.2, 0.25) is 0 Å². The van der Waals surface area contributed by atoms with Gasteiger partial charge in [-0.25, -0.2) is 0 Å². The lowest BCUT2D eigenvalue weighted by Gasteiger charge is -2.22. The molecule has 0 aromatic rings. The molecule has 0 spiro atoms. The maximum Gasteiger partial charge on any atom is 0.174 e. The molecule has 5 heteroatoms. The highest BCUT2D eigenvalue weighted by Gasteiger charge is 2.10. The van der Waals surface area contributed by atoms with E-state index >= 15 is 0 Å². The molecule has 0 atom stereocenters. The van der Waals surface area contributed by atoms with Gasteiger partial charge in [-0.3, -0.25) is 5.41 Å². The van der Waals surface area contributed by atoms with Crippen LogP contribution in [0.5, 0.6) is 0 Å². The molecule has 12 heavy (non-hydrogen) atoms. The first-order valence-corrected chi connectivity index (χ1v) is 4.77. The molecule has 0 bridgehead atoms. The molecule has 0 fully saturated rings. The number of likely N-dealkylation sites (N-methyl/N-ethyl adjacent to an activating group) is 1. The topological polar surface area (TPSA) is 45.5 Å². The predicted octanol–water partition coefficient (Wildman–Crippen LogP) is 0.835. The van der Waals surface area contributed by atoms with Gasteiger partial charge in [0.2, 0.25) is 0 Å². The van der Waals surface area contributed by atoms with Crippen LogP contribution in [0.3, 0.4) is 0 Å². The molecular formula is C7H16N2O2S. The van der Waals surface area contributed by atoms with E-state index in [1.165, 1.54) is 11.8 Å². The van der Waals surface area contributed by atoms with Crippen molar-refractivity contribution in [2.24, 2.45) is 0 Å². The fraction of sp³-hybridized carbons (Fsp3) is 0.857. The second-order valence-electron chi connectivity index (χ2n) is 2.29. The molecule has 0 radical (unpaired) electrons. The van der Waals surface area contributed by atoms with Gasteiger partial charge in [0.1, 0.15) is 0 Å².